The van der Waals surface area contributed by atoms with Crippen molar-refractivity contribution in [1.29, 1.82) is 0 Å². The van der Waals surface area contributed by atoms with Gasteiger partial charge in [-0.05, 0) is 37.3 Å². The molecule has 0 atom stereocenters. The lowest BCUT2D eigenvalue weighted by Crippen LogP contribution is -2.19. The van der Waals surface area contributed by atoms with Crippen molar-refractivity contribution in [2.24, 2.45) is 0 Å². The van der Waals surface area contributed by atoms with Crippen LogP contribution in [0, 0.1) is 0 Å². The summed E-state index contributed by atoms with van der Waals surface area (Å²) < 4.78 is 0. The molecule has 0 unspecified atom stereocenters. The predicted octanol–water partition coefficient (Wildman–Crippen LogP) is 4.84. The van der Waals surface area contributed by atoms with Crippen LogP contribution in [0.15, 0.2) is 42.5 Å². The molecule has 0 heterocycles. The zero-order valence-corrected chi connectivity index (χ0v) is 12.6. The summed E-state index contributed by atoms with van der Waals surface area (Å²) in [5.74, 6) is -0.0696. The number of rotatable bonds is 3. The molecule has 0 radical (unpaired) electrons. The zero-order chi connectivity index (χ0) is 15.4. The van der Waals surface area contributed by atoms with Gasteiger partial charge in [-0.3, -0.25) is 4.79 Å². The number of amides is 2. The van der Waals surface area contributed by atoms with Gasteiger partial charge in [-0.25, -0.2) is 4.79 Å². The van der Waals surface area contributed by atoms with E-state index in [0.717, 1.165) is 0 Å². The van der Waals surface area contributed by atoms with Gasteiger partial charge in [0.15, 0.2) is 5.78 Å². The summed E-state index contributed by atoms with van der Waals surface area (Å²) in [6, 6.07) is 11.0. The lowest BCUT2D eigenvalue weighted by molar-refractivity contribution is 0.101. The number of carbonyl (C=O) groups excluding carboxylic acids is 2. The fraction of sp³-hybridized carbons (Fsp3) is 0.0667. The molecule has 0 aliphatic rings. The maximum absolute atomic E-state index is 11.9. The summed E-state index contributed by atoms with van der Waals surface area (Å²) in [7, 11) is 0. The standard InChI is InChI=1S/C15H12Cl2N2O2/c1-9(20)10-3-2-4-12(7-10)18-15(21)19-14-6-5-11(16)8-13(14)17/h2-8H,1H3,(H2,18,19,21). The van der Waals surface area contributed by atoms with Crippen molar-refractivity contribution in [3.05, 3.63) is 58.1 Å². The molecule has 4 nitrogen and oxygen atoms in total. The molecule has 2 amide bonds. The van der Waals surface area contributed by atoms with Crippen LogP contribution < -0.4 is 10.6 Å². The first-order valence-corrected chi connectivity index (χ1v) is 6.85. The maximum atomic E-state index is 11.9. The quantitative estimate of drug-likeness (QED) is 0.794. The number of Topliss-reactive ketones (excluding diaryl/α,β-unsaturated/α-hetero) is 1. The van der Waals surface area contributed by atoms with Gasteiger partial charge in [0, 0.05) is 16.3 Å². The summed E-state index contributed by atoms with van der Waals surface area (Å²) in [5, 5.41) is 6.07. The molecule has 2 N–H and O–H groups in total. The third-order valence-electron chi connectivity index (χ3n) is 2.71. The second kappa shape index (κ2) is 6.61. The highest BCUT2D eigenvalue weighted by molar-refractivity contribution is 6.36. The number of urea groups is 1. The van der Waals surface area contributed by atoms with Gasteiger partial charge < -0.3 is 10.6 Å². The Hall–Kier alpha value is -2.04. The molecule has 0 fully saturated rings. The number of halogens is 2. The van der Waals surface area contributed by atoms with Crippen molar-refractivity contribution in [2.45, 2.75) is 6.92 Å². The van der Waals surface area contributed by atoms with Gasteiger partial charge in [-0.1, -0.05) is 35.3 Å². The van der Waals surface area contributed by atoms with E-state index in [1.54, 1.807) is 36.4 Å². The van der Waals surface area contributed by atoms with E-state index in [0.29, 0.717) is 27.0 Å². The molecule has 108 valence electrons. The van der Waals surface area contributed by atoms with Crippen molar-refractivity contribution < 1.29 is 9.59 Å². The van der Waals surface area contributed by atoms with E-state index in [1.165, 1.54) is 13.0 Å². The highest BCUT2D eigenvalue weighted by Crippen LogP contribution is 2.25. The number of ketones is 1. The van der Waals surface area contributed by atoms with Crippen molar-refractivity contribution >= 4 is 46.4 Å². The van der Waals surface area contributed by atoms with Gasteiger partial charge in [-0.15, -0.1) is 0 Å². The molecule has 0 aliphatic carbocycles. The molecular formula is C15H12Cl2N2O2. The maximum Gasteiger partial charge on any atom is 0.323 e. The number of nitrogens with one attached hydrogen (secondary N) is 2. The SMILES string of the molecule is CC(=O)c1cccc(NC(=O)Nc2ccc(Cl)cc2Cl)c1. The smallest absolute Gasteiger partial charge is 0.308 e. The average Bonchev–Trinajstić information content (AvgIpc) is 2.42. The predicted molar refractivity (Wildman–Crippen MR) is 85.5 cm³/mol. The van der Waals surface area contributed by atoms with Crippen LogP contribution in [0.4, 0.5) is 16.2 Å². The Morgan fingerprint density at radius 3 is 2.43 bits per heavy atom. The van der Waals surface area contributed by atoms with Gasteiger partial charge in [-0.2, -0.15) is 0 Å². The van der Waals surface area contributed by atoms with E-state index in [-0.39, 0.29) is 5.78 Å². The van der Waals surface area contributed by atoms with Crippen LogP contribution in [0.2, 0.25) is 10.0 Å². The van der Waals surface area contributed by atoms with Crippen molar-refractivity contribution in [3.63, 3.8) is 0 Å². The Morgan fingerprint density at radius 2 is 1.76 bits per heavy atom. The summed E-state index contributed by atoms with van der Waals surface area (Å²) in [5.41, 5.74) is 1.49. The third-order valence-corrected chi connectivity index (χ3v) is 3.25. The highest BCUT2D eigenvalue weighted by Gasteiger charge is 2.07. The topological polar surface area (TPSA) is 58.2 Å². The molecule has 0 saturated heterocycles. The number of hydrogen-bond donors (Lipinski definition) is 2. The minimum atomic E-state index is -0.458. The van der Waals surface area contributed by atoms with Crippen LogP contribution in [-0.2, 0) is 0 Å². The molecule has 2 rings (SSSR count). The fourth-order valence-electron chi connectivity index (χ4n) is 1.69. The van der Waals surface area contributed by atoms with Crippen LogP contribution in [0.3, 0.4) is 0 Å². The van der Waals surface area contributed by atoms with Crippen molar-refractivity contribution in [1.82, 2.24) is 0 Å². The number of anilines is 2. The highest BCUT2D eigenvalue weighted by atomic mass is 35.5. The summed E-state index contributed by atoms with van der Waals surface area (Å²) >= 11 is 11.8. The molecule has 0 spiro atoms. The third kappa shape index (κ3) is 4.21. The minimum absolute atomic E-state index is 0.0696. The number of carbonyl (C=O) groups is 2. The summed E-state index contributed by atoms with van der Waals surface area (Å²) in [4.78, 5) is 23.2. The molecule has 0 bridgehead atoms. The van der Waals surface area contributed by atoms with E-state index in [4.69, 9.17) is 23.2 Å². The van der Waals surface area contributed by atoms with Gasteiger partial charge in [0.1, 0.15) is 0 Å². The second-order valence-electron chi connectivity index (χ2n) is 4.34. The lowest BCUT2D eigenvalue weighted by atomic mass is 10.1. The van der Waals surface area contributed by atoms with E-state index < -0.39 is 6.03 Å². The Kier molecular flexibility index (Phi) is 4.83. The molecular weight excluding hydrogens is 311 g/mol. The van der Waals surface area contributed by atoms with E-state index in [9.17, 15) is 9.59 Å². The minimum Gasteiger partial charge on any atom is -0.308 e. The van der Waals surface area contributed by atoms with E-state index in [2.05, 4.69) is 10.6 Å². The second-order valence-corrected chi connectivity index (χ2v) is 5.18. The van der Waals surface area contributed by atoms with Crippen LogP contribution in [-0.4, -0.2) is 11.8 Å². The zero-order valence-electron chi connectivity index (χ0n) is 11.1. The Bertz CT molecular complexity index is 702. The van der Waals surface area contributed by atoms with Crippen LogP contribution in [0.1, 0.15) is 17.3 Å². The molecule has 0 aromatic heterocycles. The van der Waals surface area contributed by atoms with Gasteiger partial charge in [0.25, 0.3) is 0 Å². The first-order chi connectivity index (χ1) is 9.95. The Labute approximate surface area is 132 Å². The first kappa shape index (κ1) is 15.4. The van der Waals surface area contributed by atoms with Gasteiger partial charge in [0.05, 0.1) is 10.7 Å². The molecule has 2 aromatic rings. The number of benzene rings is 2. The Morgan fingerprint density at radius 1 is 1.00 bits per heavy atom. The number of hydrogen-bond acceptors (Lipinski definition) is 2. The monoisotopic (exact) mass is 322 g/mol. The largest absolute Gasteiger partial charge is 0.323 e. The molecule has 0 saturated carbocycles. The van der Waals surface area contributed by atoms with E-state index in [1.807, 2.05) is 0 Å². The normalized spacial score (nSPS) is 10.0. The van der Waals surface area contributed by atoms with Crippen LogP contribution in [0.5, 0.6) is 0 Å². The summed E-state index contributed by atoms with van der Waals surface area (Å²) in [6.07, 6.45) is 0. The Balaban J connectivity index is 2.08. The lowest BCUT2D eigenvalue weighted by Gasteiger charge is -2.09. The molecule has 6 heteroatoms. The summed E-state index contributed by atoms with van der Waals surface area (Å²) in [6.45, 7) is 1.46. The average molecular weight is 323 g/mol. The first-order valence-electron chi connectivity index (χ1n) is 6.10. The van der Waals surface area contributed by atoms with Gasteiger partial charge in [0.2, 0.25) is 0 Å². The van der Waals surface area contributed by atoms with Crippen LogP contribution in [0.25, 0.3) is 0 Å². The van der Waals surface area contributed by atoms with E-state index >= 15 is 0 Å². The van der Waals surface area contributed by atoms with Crippen molar-refractivity contribution in [2.75, 3.05) is 10.6 Å². The van der Waals surface area contributed by atoms with Gasteiger partial charge >= 0.3 is 6.03 Å². The molecule has 21 heavy (non-hydrogen) atoms. The fourth-order valence-corrected chi connectivity index (χ4v) is 2.15. The van der Waals surface area contributed by atoms with Crippen molar-refractivity contribution in [3.8, 4) is 0 Å². The molecule has 0 aliphatic heterocycles. The van der Waals surface area contributed by atoms with Crippen LogP contribution >= 0.6 is 23.2 Å². The molecule has 2 aromatic carbocycles.